The van der Waals surface area contributed by atoms with Gasteiger partial charge in [0.2, 0.25) is 5.89 Å². The van der Waals surface area contributed by atoms with E-state index in [0.29, 0.717) is 30.8 Å². The van der Waals surface area contributed by atoms with Crippen LogP contribution in [-0.2, 0) is 13.1 Å². The van der Waals surface area contributed by atoms with Crippen molar-refractivity contribution in [2.45, 2.75) is 26.9 Å². The highest BCUT2D eigenvalue weighted by Gasteiger charge is 2.04. The Morgan fingerprint density at radius 1 is 1.32 bits per heavy atom. The van der Waals surface area contributed by atoms with Gasteiger partial charge in [0.05, 0.1) is 13.1 Å². The van der Waals surface area contributed by atoms with E-state index in [4.69, 9.17) is 4.52 Å². The molecule has 8 heteroatoms. The summed E-state index contributed by atoms with van der Waals surface area (Å²) in [5.41, 5.74) is 1.03. The van der Waals surface area contributed by atoms with Crippen molar-refractivity contribution in [1.29, 1.82) is 0 Å². The van der Waals surface area contributed by atoms with Gasteiger partial charge in [-0.1, -0.05) is 5.16 Å². The summed E-state index contributed by atoms with van der Waals surface area (Å²) in [7, 11) is 1.71. The van der Waals surface area contributed by atoms with Gasteiger partial charge in [0.1, 0.15) is 5.01 Å². The lowest BCUT2D eigenvalue weighted by molar-refractivity contribution is 0.387. The summed E-state index contributed by atoms with van der Waals surface area (Å²) in [6.07, 6.45) is 0. The number of rotatable bonds is 4. The average Bonchev–Trinajstić information content (AvgIpc) is 2.99. The molecule has 2 aromatic heterocycles. The topological polar surface area (TPSA) is 88.2 Å². The lowest BCUT2D eigenvalue weighted by atomic mass is 10.5. The monoisotopic (exact) mass is 280 g/mol. The second-order valence-corrected chi connectivity index (χ2v) is 4.83. The van der Waals surface area contributed by atoms with E-state index < -0.39 is 0 Å². The molecule has 0 saturated carbocycles. The third-order valence-electron chi connectivity index (χ3n) is 2.28. The Morgan fingerprint density at radius 2 is 2.11 bits per heavy atom. The van der Waals surface area contributed by atoms with Crippen LogP contribution in [0.1, 0.15) is 22.4 Å². The van der Waals surface area contributed by atoms with Gasteiger partial charge in [-0.25, -0.2) is 4.98 Å². The third-order valence-corrected chi connectivity index (χ3v) is 3.25. The van der Waals surface area contributed by atoms with Gasteiger partial charge >= 0.3 is 0 Å². The molecule has 0 unspecified atom stereocenters. The second-order valence-electron chi connectivity index (χ2n) is 3.89. The number of guanidine groups is 1. The fourth-order valence-electron chi connectivity index (χ4n) is 1.44. The zero-order valence-electron chi connectivity index (χ0n) is 11.1. The van der Waals surface area contributed by atoms with Crippen LogP contribution in [0.15, 0.2) is 14.9 Å². The minimum Gasteiger partial charge on any atom is -0.350 e. The van der Waals surface area contributed by atoms with E-state index >= 15 is 0 Å². The number of hydrogen-bond acceptors (Lipinski definition) is 6. The van der Waals surface area contributed by atoms with Gasteiger partial charge in [0, 0.05) is 25.0 Å². The molecule has 0 fully saturated rings. The lowest BCUT2D eigenvalue weighted by Gasteiger charge is -2.08. The van der Waals surface area contributed by atoms with Crippen LogP contribution >= 0.6 is 11.3 Å². The van der Waals surface area contributed by atoms with E-state index in [1.54, 1.807) is 25.3 Å². The molecule has 0 amide bonds. The van der Waals surface area contributed by atoms with E-state index in [2.05, 4.69) is 30.8 Å². The van der Waals surface area contributed by atoms with E-state index in [-0.39, 0.29) is 0 Å². The fraction of sp³-hybridized carbons (Fsp3) is 0.455. The van der Waals surface area contributed by atoms with Gasteiger partial charge in [-0.05, 0) is 6.92 Å². The summed E-state index contributed by atoms with van der Waals surface area (Å²) >= 11 is 1.62. The Labute approximate surface area is 115 Å². The largest absolute Gasteiger partial charge is 0.350 e. The number of nitrogens with zero attached hydrogens (tertiary/aromatic N) is 4. The summed E-state index contributed by atoms with van der Waals surface area (Å²) in [6.45, 7) is 4.84. The van der Waals surface area contributed by atoms with Crippen molar-refractivity contribution >= 4 is 17.3 Å². The Kier molecular flexibility index (Phi) is 4.45. The summed E-state index contributed by atoms with van der Waals surface area (Å²) < 4.78 is 4.89. The molecule has 2 heterocycles. The van der Waals surface area contributed by atoms with Gasteiger partial charge in [-0.3, -0.25) is 4.99 Å². The molecule has 0 aromatic carbocycles. The highest BCUT2D eigenvalue weighted by Crippen LogP contribution is 2.07. The van der Waals surface area contributed by atoms with Gasteiger partial charge < -0.3 is 15.2 Å². The van der Waals surface area contributed by atoms with Crippen LogP contribution in [0.3, 0.4) is 0 Å². The van der Waals surface area contributed by atoms with Crippen LogP contribution in [0, 0.1) is 13.8 Å². The molecule has 19 heavy (non-hydrogen) atoms. The van der Waals surface area contributed by atoms with Gasteiger partial charge in [-0.15, -0.1) is 11.3 Å². The number of nitrogens with one attached hydrogen (secondary N) is 2. The first-order valence-corrected chi connectivity index (χ1v) is 6.70. The smallest absolute Gasteiger partial charge is 0.223 e. The molecule has 0 saturated heterocycles. The lowest BCUT2D eigenvalue weighted by Crippen LogP contribution is -2.36. The standard InChI is InChI=1S/C11H16N6OS/c1-7-6-19-10(15-7)5-14-11(12-3)13-4-9-16-8(2)18-17-9/h6H,4-5H2,1-3H3,(H2,12,13,14). The molecule has 0 bridgehead atoms. The molecule has 102 valence electrons. The molecule has 0 aliphatic rings. The zero-order chi connectivity index (χ0) is 13.7. The van der Waals surface area contributed by atoms with Crippen molar-refractivity contribution in [3.63, 3.8) is 0 Å². The summed E-state index contributed by atoms with van der Waals surface area (Å²) in [4.78, 5) is 12.6. The predicted molar refractivity (Wildman–Crippen MR) is 72.9 cm³/mol. The Hall–Kier alpha value is -1.96. The fourth-order valence-corrected chi connectivity index (χ4v) is 2.15. The van der Waals surface area contributed by atoms with Crippen LogP contribution < -0.4 is 10.6 Å². The van der Waals surface area contributed by atoms with E-state index in [9.17, 15) is 0 Å². The van der Waals surface area contributed by atoms with Crippen LogP contribution in [0.25, 0.3) is 0 Å². The van der Waals surface area contributed by atoms with Gasteiger partial charge in [0.25, 0.3) is 0 Å². The van der Waals surface area contributed by atoms with Crippen molar-refractivity contribution in [3.8, 4) is 0 Å². The van der Waals surface area contributed by atoms with E-state index in [1.807, 2.05) is 12.3 Å². The average molecular weight is 280 g/mol. The molecule has 7 nitrogen and oxygen atoms in total. The maximum Gasteiger partial charge on any atom is 0.223 e. The molecule has 2 N–H and O–H groups in total. The molecular weight excluding hydrogens is 264 g/mol. The SMILES string of the molecule is CN=C(NCc1noc(C)n1)NCc1nc(C)cs1. The van der Waals surface area contributed by atoms with Crippen molar-refractivity contribution < 1.29 is 4.52 Å². The number of thiazole rings is 1. The highest BCUT2D eigenvalue weighted by molar-refractivity contribution is 7.09. The Morgan fingerprint density at radius 3 is 2.68 bits per heavy atom. The van der Waals surface area contributed by atoms with E-state index in [1.165, 1.54) is 0 Å². The zero-order valence-corrected chi connectivity index (χ0v) is 11.9. The molecule has 0 radical (unpaired) electrons. The number of aromatic nitrogens is 3. The van der Waals surface area contributed by atoms with Crippen LogP contribution in [0.4, 0.5) is 0 Å². The summed E-state index contributed by atoms with van der Waals surface area (Å²) in [5.74, 6) is 1.83. The highest BCUT2D eigenvalue weighted by atomic mass is 32.1. The van der Waals surface area contributed by atoms with Crippen molar-refractivity contribution in [1.82, 2.24) is 25.8 Å². The Balaban J connectivity index is 1.80. The quantitative estimate of drug-likeness (QED) is 0.642. The van der Waals surface area contributed by atoms with Crippen molar-refractivity contribution in [2.75, 3.05) is 7.05 Å². The number of aryl methyl sites for hydroxylation is 2. The second kappa shape index (κ2) is 6.28. The van der Waals surface area contributed by atoms with Crippen LogP contribution in [-0.4, -0.2) is 28.1 Å². The first-order valence-electron chi connectivity index (χ1n) is 5.82. The summed E-state index contributed by atoms with van der Waals surface area (Å²) in [5, 5.41) is 13.1. The minimum atomic E-state index is 0.466. The van der Waals surface area contributed by atoms with Gasteiger partial charge in [-0.2, -0.15) is 4.98 Å². The number of hydrogen-bond donors (Lipinski definition) is 2. The van der Waals surface area contributed by atoms with Crippen LogP contribution in [0.5, 0.6) is 0 Å². The maximum atomic E-state index is 4.89. The first-order chi connectivity index (χ1) is 9.17. The molecule has 2 rings (SSSR count). The molecule has 0 aliphatic carbocycles. The predicted octanol–water partition coefficient (Wildman–Crippen LogP) is 1.01. The van der Waals surface area contributed by atoms with Gasteiger partial charge in [0.15, 0.2) is 11.8 Å². The normalized spacial score (nSPS) is 11.6. The Bertz CT molecular complexity index is 515. The van der Waals surface area contributed by atoms with Crippen molar-refractivity contribution in [3.05, 3.63) is 27.8 Å². The van der Waals surface area contributed by atoms with E-state index in [0.717, 1.165) is 10.7 Å². The molecule has 0 atom stereocenters. The molecular formula is C11H16N6OS. The maximum absolute atomic E-state index is 4.89. The number of aliphatic imine (C=N–C) groups is 1. The minimum absolute atomic E-state index is 0.466. The molecule has 0 spiro atoms. The molecule has 2 aromatic rings. The van der Waals surface area contributed by atoms with Crippen LogP contribution in [0.2, 0.25) is 0 Å². The summed E-state index contributed by atoms with van der Waals surface area (Å²) in [6, 6.07) is 0. The third kappa shape index (κ3) is 4.02. The first kappa shape index (κ1) is 13.5. The molecule has 0 aliphatic heterocycles. The van der Waals surface area contributed by atoms with Crippen molar-refractivity contribution in [2.24, 2.45) is 4.99 Å².